The van der Waals surface area contributed by atoms with Crippen LogP contribution in [0, 0.1) is 0 Å². The SMILES string of the molecule is C[C@H](O[Si](C)(C)C(C)(C)C)[C@@H]1O[C@H]1CCO. The predicted molar refractivity (Wildman–Crippen MR) is 68.1 cm³/mol. The zero-order valence-electron chi connectivity index (χ0n) is 11.4. The van der Waals surface area contributed by atoms with Crippen molar-refractivity contribution in [2.45, 2.75) is 70.6 Å². The van der Waals surface area contributed by atoms with Crippen LogP contribution in [-0.2, 0) is 9.16 Å². The smallest absolute Gasteiger partial charge is 0.192 e. The summed E-state index contributed by atoms with van der Waals surface area (Å²) in [5, 5.41) is 9.06. The fourth-order valence-corrected chi connectivity index (χ4v) is 3.05. The first kappa shape index (κ1) is 14.2. The number of hydrogen-bond donors (Lipinski definition) is 1. The van der Waals surface area contributed by atoms with Crippen molar-refractivity contribution in [2.75, 3.05) is 6.61 Å². The molecule has 96 valence electrons. The van der Waals surface area contributed by atoms with Crippen LogP contribution in [-0.4, -0.2) is 38.3 Å². The number of ether oxygens (including phenoxy) is 1. The Morgan fingerprint density at radius 3 is 2.38 bits per heavy atom. The molecule has 1 fully saturated rings. The molecule has 0 aliphatic carbocycles. The highest BCUT2D eigenvalue weighted by Gasteiger charge is 2.47. The predicted octanol–water partition coefficient (Wildman–Crippen LogP) is 2.55. The molecule has 1 saturated heterocycles. The topological polar surface area (TPSA) is 42.0 Å². The van der Waals surface area contributed by atoms with Crippen LogP contribution in [0.1, 0.15) is 34.1 Å². The summed E-state index contributed by atoms with van der Waals surface area (Å²) in [4.78, 5) is 0. The molecule has 0 radical (unpaired) electrons. The van der Waals surface area contributed by atoms with Crippen molar-refractivity contribution in [1.82, 2.24) is 0 Å². The number of hydrogen-bond acceptors (Lipinski definition) is 3. The zero-order valence-corrected chi connectivity index (χ0v) is 12.4. The van der Waals surface area contributed by atoms with E-state index < -0.39 is 8.32 Å². The van der Waals surface area contributed by atoms with Crippen molar-refractivity contribution in [2.24, 2.45) is 0 Å². The molecule has 0 unspecified atom stereocenters. The molecular weight excluding hydrogens is 220 g/mol. The monoisotopic (exact) mass is 246 g/mol. The van der Waals surface area contributed by atoms with E-state index in [-0.39, 0.29) is 30.0 Å². The van der Waals surface area contributed by atoms with Crippen molar-refractivity contribution in [3.8, 4) is 0 Å². The third-order valence-corrected chi connectivity index (χ3v) is 8.36. The van der Waals surface area contributed by atoms with Gasteiger partial charge in [-0.05, 0) is 31.5 Å². The molecule has 1 heterocycles. The van der Waals surface area contributed by atoms with Crippen molar-refractivity contribution in [3.63, 3.8) is 0 Å². The highest BCUT2D eigenvalue weighted by atomic mass is 28.4. The second-order valence-corrected chi connectivity index (χ2v) is 11.0. The maximum absolute atomic E-state index is 8.83. The second-order valence-electron chi connectivity index (χ2n) is 6.23. The summed E-state index contributed by atoms with van der Waals surface area (Å²) in [6.07, 6.45) is 1.29. The molecule has 1 rings (SSSR count). The van der Waals surface area contributed by atoms with Crippen LogP contribution in [0.3, 0.4) is 0 Å². The molecule has 0 amide bonds. The Balaban J connectivity index is 2.44. The van der Waals surface area contributed by atoms with E-state index >= 15 is 0 Å². The molecule has 3 nitrogen and oxygen atoms in total. The maximum atomic E-state index is 8.83. The third-order valence-electron chi connectivity index (χ3n) is 3.78. The fourth-order valence-electron chi connectivity index (χ4n) is 1.64. The summed E-state index contributed by atoms with van der Waals surface area (Å²) in [5.74, 6) is 0. The Bertz CT molecular complexity index is 235. The second kappa shape index (κ2) is 4.76. The van der Waals surface area contributed by atoms with Crippen LogP contribution in [0.25, 0.3) is 0 Å². The Kier molecular flexibility index (Phi) is 4.22. The molecule has 1 aliphatic heterocycles. The van der Waals surface area contributed by atoms with E-state index in [2.05, 4.69) is 40.8 Å². The highest BCUT2D eigenvalue weighted by Crippen LogP contribution is 2.39. The van der Waals surface area contributed by atoms with Crippen LogP contribution < -0.4 is 0 Å². The molecule has 0 aromatic heterocycles. The van der Waals surface area contributed by atoms with Gasteiger partial charge < -0.3 is 14.3 Å². The molecule has 4 heteroatoms. The first-order valence-corrected chi connectivity index (χ1v) is 9.04. The number of rotatable bonds is 5. The van der Waals surface area contributed by atoms with E-state index in [9.17, 15) is 0 Å². The lowest BCUT2D eigenvalue weighted by Gasteiger charge is -2.38. The molecule has 16 heavy (non-hydrogen) atoms. The van der Waals surface area contributed by atoms with Crippen LogP contribution in [0.15, 0.2) is 0 Å². The zero-order chi connectivity index (χ0) is 12.6. The molecule has 1 aliphatic rings. The molecule has 0 aromatic rings. The minimum absolute atomic E-state index is 0.150. The highest BCUT2D eigenvalue weighted by molar-refractivity contribution is 6.74. The van der Waals surface area contributed by atoms with E-state index in [1.54, 1.807) is 0 Å². The third kappa shape index (κ3) is 3.29. The van der Waals surface area contributed by atoms with Gasteiger partial charge in [0.05, 0.1) is 12.2 Å². The van der Waals surface area contributed by atoms with Gasteiger partial charge in [-0.2, -0.15) is 0 Å². The summed E-state index contributed by atoms with van der Waals surface area (Å²) < 4.78 is 11.7. The van der Waals surface area contributed by atoms with E-state index in [1.165, 1.54) is 0 Å². The lowest BCUT2D eigenvalue weighted by atomic mass is 10.2. The minimum atomic E-state index is -1.69. The van der Waals surface area contributed by atoms with E-state index in [4.69, 9.17) is 14.3 Å². The van der Waals surface area contributed by atoms with Gasteiger partial charge in [-0.1, -0.05) is 20.8 Å². The average molecular weight is 246 g/mol. The van der Waals surface area contributed by atoms with Crippen molar-refractivity contribution < 1.29 is 14.3 Å². The van der Waals surface area contributed by atoms with Crippen molar-refractivity contribution in [3.05, 3.63) is 0 Å². The average Bonchev–Trinajstić information content (AvgIpc) is 2.81. The van der Waals surface area contributed by atoms with Gasteiger partial charge in [0.1, 0.15) is 6.10 Å². The standard InChI is InChI=1S/C12H26O3Si/c1-9(11-10(14-11)7-8-13)15-16(5,6)12(2,3)4/h9-11,13H,7-8H2,1-6H3/t9-,10-,11-/m0/s1. The minimum Gasteiger partial charge on any atom is -0.411 e. The molecule has 0 spiro atoms. The molecule has 0 saturated carbocycles. The molecule has 3 atom stereocenters. The Morgan fingerprint density at radius 2 is 1.94 bits per heavy atom. The summed E-state index contributed by atoms with van der Waals surface area (Å²) in [6.45, 7) is 13.5. The van der Waals surface area contributed by atoms with Gasteiger partial charge in [0.2, 0.25) is 0 Å². The van der Waals surface area contributed by atoms with Crippen LogP contribution in [0.2, 0.25) is 18.1 Å². The van der Waals surface area contributed by atoms with Crippen molar-refractivity contribution in [1.29, 1.82) is 0 Å². The molecular formula is C12H26O3Si. The lowest BCUT2D eigenvalue weighted by Crippen LogP contribution is -2.44. The molecule has 0 aromatic carbocycles. The quantitative estimate of drug-likeness (QED) is 0.599. The maximum Gasteiger partial charge on any atom is 0.192 e. The van der Waals surface area contributed by atoms with Gasteiger partial charge in [-0.15, -0.1) is 0 Å². The fraction of sp³-hybridized carbons (Fsp3) is 1.00. The van der Waals surface area contributed by atoms with Crippen LogP contribution >= 0.6 is 0 Å². The Hall–Kier alpha value is 0.0969. The summed E-state index contributed by atoms with van der Waals surface area (Å²) in [6, 6.07) is 0. The largest absolute Gasteiger partial charge is 0.411 e. The normalized spacial score (nSPS) is 27.9. The number of epoxide rings is 1. The van der Waals surface area contributed by atoms with Gasteiger partial charge in [0.15, 0.2) is 8.32 Å². The van der Waals surface area contributed by atoms with Gasteiger partial charge in [0, 0.05) is 6.61 Å². The molecule has 0 bridgehead atoms. The van der Waals surface area contributed by atoms with Crippen LogP contribution in [0.4, 0.5) is 0 Å². The number of aliphatic hydroxyl groups is 1. The number of aliphatic hydroxyl groups excluding tert-OH is 1. The van der Waals surface area contributed by atoms with Gasteiger partial charge in [0.25, 0.3) is 0 Å². The Morgan fingerprint density at radius 1 is 1.38 bits per heavy atom. The Labute approximate surface area is 100 Å². The van der Waals surface area contributed by atoms with Gasteiger partial charge in [-0.3, -0.25) is 0 Å². The lowest BCUT2D eigenvalue weighted by molar-refractivity contribution is 0.158. The van der Waals surface area contributed by atoms with E-state index in [1.807, 2.05) is 0 Å². The van der Waals surface area contributed by atoms with Crippen molar-refractivity contribution >= 4 is 8.32 Å². The summed E-state index contributed by atoms with van der Waals surface area (Å²) in [5.41, 5.74) is 0. The van der Waals surface area contributed by atoms with Gasteiger partial charge >= 0.3 is 0 Å². The van der Waals surface area contributed by atoms with E-state index in [0.29, 0.717) is 0 Å². The first-order valence-electron chi connectivity index (χ1n) is 6.13. The first-order chi connectivity index (χ1) is 7.19. The summed E-state index contributed by atoms with van der Waals surface area (Å²) in [7, 11) is -1.69. The van der Waals surface area contributed by atoms with Gasteiger partial charge in [-0.25, -0.2) is 0 Å². The van der Waals surface area contributed by atoms with E-state index in [0.717, 1.165) is 6.42 Å². The molecule has 1 N–H and O–H groups in total. The van der Waals surface area contributed by atoms with Crippen LogP contribution in [0.5, 0.6) is 0 Å². The summed E-state index contributed by atoms with van der Waals surface area (Å²) >= 11 is 0.